The molecule has 0 atom stereocenters. The van der Waals surface area contributed by atoms with E-state index in [2.05, 4.69) is 19.2 Å². The van der Waals surface area contributed by atoms with Gasteiger partial charge in [-0.05, 0) is 37.6 Å². The van der Waals surface area contributed by atoms with Crippen molar-refractivity contribution in [3.63, 3.8) is 0 Å². The van der Waals surface area contributed by atoms with E-state index in [1.54, 1.807) is 6.07 Å². The highest BCUT2D eigenvalue weighted by Gasteiger charge is 2.05. The predicted molar refractivity (Wildman–Crippen MR) is 73.3 cm³/mol. The van der Waals surface area contributed by atoms with Crippen molar-refractivity contribution < 1.29 is 9.13 Å². The SMILES string of the molecule is C/C=C/COc1ccc(F)cc1CNCC(C)C. The number of ether oxygens (including phenoxy) is 1. The summed E-state index contributed by atoms with van der Waals surface area (Å²) in [7, 11) is 0. The lowest BCUT2D eigenvalue weighted by atomic mass is 10.1. The Bertz CT molecular complexity index is 388. The highest BCUT2D eigenvalue weighted by Crippen LogP contribution is 2.19. The summed E-state index contributed by atoms with van der Waals surface area (Å²) in [6.45, 7) is 8.27. The Morgan fingerprint density at radius 2 is 2.17 bits per heavy atom. The van der Waals surface area contributed by atoms with Crippen molar-refractivity contribution in [2.24, 2.45) is 5.92 Å². The van der Waals surface area contributed by atoms with Crippen LogP contribution in [0.3, 0.4) is 0 Å². The first-order chi connectivity index (χ1) is 8.63. The van der Waals surface area contributed by atoms with Crippen molar-refractivity contribution in [2.45, 2.75) is 27.3 Å². The first-order valence-electron chi connectivity index (χ1n) is 6.36. The maximum absolute atomic E-state index is 13.2. The van der Waals surface area contributed by atoms with Gasteiger partial charge in [0.15, 0.2) is 0 Å². The smallest absolute Gasteiger partial charge is 0.124 e. The van der Waals surface area contributed by atoms with E-state index in [1.165, 1.54) is 12.1 Å². The molecule has 0 bridgehead atoms. The molecule has 0 spiro atoms. The fourth-order valence-electron chi connectivity index (χ4n) is 1.56. The van der Waals surface area contributed by atoms with E-state index in [1.807, 2.05) is 19.1 Å². The maximum Gasteiger partial charge on any atom is 0.124 e. The molecule has 1 N–H and O–H groups in total. The number of halogens is 1. The lowest BCUT2D eigenvalue weighted by molar-refractivity contribution is 0.356. The van der Waals surface area contributed by atoms with Crippen molar-refractivity contribution in [1.82, 2.24) is 5.32 Å². The predicted octanol–water partition coefficient (Wildman–Crippen LogP) is 3.53. The number of rotatable bonds is 7. The van der Waals surface area contributed by atoms with E-state index in [0.717, 1.165) is 17.9 Å². The minimum atomic E-state index is -0.227. The summed E-state index contributed by atoms with van der Waals surface area (Å²) in [5, 5.41) is 3.29. The third-order valence-corrected chi connectivity index (χ3v) is 2.46. The van der Waals surface area contributed by atoms with Crippen LogP contribution in [0.5, 0.6) is 5.75 Å². The van der Waals surface area contributed by atoms with Gasteiger partial charge in [-0.25, -0.2) is 4.39 Å². The molecule has 2 nitrogen and oxygen atoms in total. The van der Waals surface area contributed by atoms with Gasteiger partial charge in [-0.1, -0.05) is 26.0 Å². The molecule has 1 aromatic rings. The molecule has 0 saturated heterocycles. The van der Waals surface area contributed by atoms with E-state index in [0.29, 0.717) is 19.1 Å². The highest BCUT2D eigenvalue weighted by molar-refractivity contribution is 5.34. The van der Waals surface area contributed by atoms with Crippen LogP contribution in [0, 0.1) is 11.7 Å². The molecule has 0 aliphatic carbocycles. The molecule has 0 saturated carbocycles. The summed E-state index contributed by atoms with van der Waals surface area (Å²) in [4.78, 5) is 0. The van der Waals surface area contributed by atoms with Gasteiger partial charge < -0.3 is 10.1 Å². The molecule has 0 fully saturated rings. The Morgan fingerprint density at radius 3 is 2.83 bits per heavy atom. The molecule has 0 aliphatic rings. The lowest BCUT2D eigenvalue weighted by Gasteiger charge is -2.12. The maximum atomic E-state index is 13.2. The Morgan fingerprint density at radius 1 is 1.39 bits per heavy atom. The van der Waals surface area contributed by atoms with Gasteiger partial charge >= 0.3 is 0 Å². The molecule has 0 aliphatic heterocycles. The van der Waals surface area contributed by atoms with E-state index in [9.17, 15) is 4.39 Å². The zero-order valence-corrected chi connectivity index (χ0v) is 11.4. The van der Waals surface area contributed by atoms with Crippen LogP contribution in [0.25, 0.3) is 0 Å². The molecular formula is C15H22FNO. The first-order valence-corrected chi connectivity index (χ1v) is 6.36. The molecule has 1 rings (SSSR count). The van der Waals surface area contributed by atoms with Gasteiger partial charge in [0.05, 0.1) is 0 Å². The van der Waals surface area contributed by atoms with Crippen molar-refractivity contribution in [3.05, 3.63) is 41.7 Å². The van der Waals surface area contributed by atoms with E-state index in [4.69, 9.17) is 4.74 Å². The van der Waals surface area contributed by atoms with Gasteiger partial charge in [-0.15, -0.1) is 0 Å². The average Bonchev–Trinajstić information content (AvgIpc) is 2.31. The summed E-state index contributed by atoms with van der Waals surface area (Å²) in [6, 6.07) is 4.64. The third-order valence-electron chi connectivity index (χ3n) is 2.46. The van der Waals surface area contributed by atoms with Gasteiger partial charge in [0.25, 0.3) is 0 Å². The number of benzene rings is 1. The van der Waals surface area contributed by atoms with Gasteiger partial charge in [0.2, 0.25) is 0 Å². The highest BCUT2D eigenvalue weighted by atomic mass is 19.1. The van der Waals surface area contributed by atoms with Crippen LogP contribution in [0.4, 0.5) is 4.39 Å². The fraction of sp³-hybridized carbons (Fsp3) is 0.467. The Labute approximate surface area is 109 Å². The zero-order valence-electron chi connectivity index (χ0n) is 11.4. The Kier molecular flexibility index (Phi) is 6.44. The normalized spacial score (nSPS) is 11.4. The van der Waals surface area contributed by atoms with Gasteiger partial charge in [-0.2, -0.15) is 0 Å². The lowest BCUT2D eigenvalue weighted by Crippen LogP contribution is -2.19. The molecule has 18 heavy (non-hydrogen) atoms. The summed E-state index contributed by atoms with van der Waals surface area (Å²) >= 11 is 0. The van der Waals surface area contributed by atoms with Crippen LogP contribution in [0.2, 0.25) is 0 Å². The summed E-state index contributed by atoms with van der Waals surface area (Å²) in [5.41, 5.74) is 0.861. The van der Waals surface area contributed by atoms with Crippen molar-refractivity contribution >= 4 is 0 Å². The minimum absolute atomic E-state index is 0.227. The largest absolute Gasteiger partial charge is 0.489 e. The molecule has 0 radical (unpaired) electrons. The Balaban J connectivity index is 2.64. The average molecular weight is 251 g/mol. The molecule has 1 aromatic carbocycles. The fourth-order valence-corrected chi connectivity index (χ4v) is 1.56. The number of hydrogen-bond acceptors (Lipinski definition) is 2. The number of nitrogens with one attached hydrogen (secondary N) is 1. The van der Waals surface area contributed by atoms with Crippen LogP contribution in [0.15, 0.2) is 30.4 Å². The third kappa shape index (κ3) is 5.32. The first kappa shape index (κ1) is 14.7. The van der Waals surface area contributed by atoms with Gasteiger partial charge in [0.1, 0.15) is 18.2 Å². The van der Waals surface area contributed by atoms with Crippen LogP contribution in [-0.4, -0.2) is 13.2 Å². The molecule has 0 heterocycles. The number of allylic oxidation sites excluding steroid dienone is 1. The van der Waals surface area contributed by atoms with Crippen molar-refractivity contribution in [3.8, 4) is 5.75 Å². The van der Waals surface area contributed by atoms with Gasteiger partial charge in [-0.3, -0.25) is 0 Å². The van der Waals surface area contributed by atoms with Crippen LogP contribution < -0.4 is 10.1 Å². The standard InChI is InChI=1S/C15H22FNO/c1-4-5-8-18-15-7-6-14(16)9-13(15)11-17-10-12(2)3/h4-7,9,12,17H,8,10-11H2,1-3H3/b5-4+. The zero-order chi connectivity index (χ0) is 13.4. The minimum Gasteiger partial charge on any atom is -0.489 e. The topological polar surface area (TPSA) is 21.3 Å². The monoisotopic (exact) mass is 251 g/mol. The van der Waals surface area contributed by atoms with Crippen molar-refractivity contribution in [1.29, 1.82) is 0 Å². The van der Waals surface area contributed by atoms with Crippen molar-refractivity contribution in [2.75, 3.05) is 13.2 Å². The summed E-state index contributed by atoms with van der Waals surface area (Å²) in [6.07, 6.45) is 3.86. The number of hydrogen-bond donors (Lipinski definition) is 1. The second-order valence-electron chi connectivity index (χ2n) is 4.66. The van der Waals surface area contributed by atoms with E-state index in [-0.39, 0.29) is 5.82 Å². The second kappa shape index (κ2) is 7.88. The molecule has 100 valence electrons. The molecule has 0 aromatic heterocycles. The van der Waals surface area contributed by atoms with E-state index < -0.39 is 0 Å². The molecule has 0 amide bonds. The molecular weight excluding hydrogens is 229 g/mol. The Hall–Kier alpha value is -1.35. The quantitative estimate of drug-likeness (QED) is 0.749. The van der Waals surface area contributed by atoms with E-state index >= 15 is 0 Å². The van der Waals surface area contributed by atoms with Crippen LogP contribution in [0.1, 0.15) is 26.3 Å². The molecule has 3 heteroatoms. The summed E-state index contributed by atoms with van der Waals surface area (Å²) < 4.78 is 18.8. The van der Waals surface area contributed by atoms with Crippen LogP contribution >= 0.6 is 0 Å². The van der Waals surface area contributed by atoms with Crippen LogP contribution in [-0.2, 0) is 6.54 Å². The summed E-state index contributed by atoms with van der Waals surface area (Å²) in [5.74, 6) is 1.09. The molecule has 0 unspecified atom stereocenters. The van der Waals surface area contributed by atoms with Gasteiger partial charge in [0, 0.05) is 12.1 Å². The second-order valence-corrected chi connectivity index (χ2v) is 4.66.